The lowest BCUT2D eigenvalue weighted by atomic mass is 10.1. The summed E-state index contributed by atoms with van der Waals surface area (Å²) in [5.74, 6) is 1.80. The summed E-state index contributed by atoms with van der Waals surface area (Å²) in [5.41, 5.74) is 0. The SMILES string of the molecule is CC(Cn1ccnc1)NC(c1ccco1)c1nccn1C. The van der Waals surface area contributed by atoms with E-state index < -0.39 is 0 Å². The van der Waals surface area contributed by atoms with Crippen LogP contribution in [0.25, 0.3) is 0 Å². The van der Waals surface area contributed by atoms with Crippen molar-refractivity contribution in [3.8, 4) is 0 Å². The molecule has 3 heterocycles. The Morgan fingerprint density at radius 3 is 2.86 bits per heavy atom. The molecule has 1 N–H and O–H groups in total. The predicted molar refractivity (Wildman–Crippen MR) is 78.6 cm³/mol. The van der Waals surface area contributed by atoms with Crippen LogP contribution in [-0.4, -0.2) is 25.1 Å². The standard InChI is InChI=1S/C15H19N5O/c1-12(10-20-8-5-16-11-20)18-14(13-4-3-9-21-13)15-17-6-7-19(15)2/h3-9,11-12,14,18H,10H2,1-2H3. The average Bonchev–Trinajstić information content (AvgIpc) is 3.18. The third kappa shape index (κ3) is 3.05. The summed E-state index contributed by atoms with van der Waals surface area (Å²) in [6.07, 6.45) is 11.0. The van der Waals surface area contributed by atoms with Gasteiger partial charge in [0.1, 0.15) is 17.6 Å². The molecule has 3 rings (SSSR count). The van der Waals surface area contributed by atoms with Crippen molar-refractivity contribution in [1.29, 1.82) is 0 Å². The van der Waals surface area contributed by atoms with Crippen LogP contribution in [0.15, 0.2) is 53.9 Å². The molecule has 6 nitrogen and oxygen atoms in total. The van der Waals surface area contributed by atoms with Gasteiger partial charge in [-0.1, -0.05) is 0 Å². The first-order valence-electron chi connectivity index (χ1n) is 6.96. The second-order valence-electron chi connectivity index (χ2n) is 5.17. The summed E-state index contributed by atoms with van der Waals surface area (Å²) >= 11 is 0. The third-order valence-corrected chi connectivity index (χ3v) is 3.44. The van der Waals surface area contributed by atoms with Crippen LogP contribution >= 0.6 is 0 Å². The molecule has 6 heteroatoms. The van der Waals surface area contributed by atoms with E-state index in [2.05, 4.69) is 26.8 Å². The number of aryl methyl sites for hydroxylation is 1. The maximum absolute atomic E-state index is 5.58. The van der Waals surface area contributed by atoms with Gasteiger partial charge < -0.3 is 13.6 Å². The summed E-state index contributed by atoms with van der Waals surface area (Å²) in [4.78, 5) is 8.51. The van der Waals surface area contributed by atoms with Crippen LogP contribution in [0.3, 0.4) is 0 Å². The molecule has 0 aromatic carbocycles. The quantitative estimate of drug-likeness (QED) is 0.752. The summed E-state index contributed by atoms with van der Waals surface area (Å²) in [6.45, 7) is 2.97. The zero-order valence-electron chi connectivity index (χ0n) is 12.2. The highest BCUT2D eigenvalue weighted by atomic mass is 16.3. The number of nitrogens with zero attached hydrogens (tertiary/aromatic N) is 4. The highest BCUT2D eigenvalue weighted by Gasteiger charge is 2.22. The molecule has 21 heavy (non-hydrogen) atoms. The molecule has 3 aromatic heterocycles. The Hall–Kier alpha value is -2.34. The molecular formula is C15H19N5O. The molecule has 2 unspecified atom stereocenters. The van der Waals surface area contributed by atoms with Crippen molar-refractivity contribution in [1.82, 2.24) is 24.4 Å². The second-order valence-corrected chi connectivity index (χ2v) is 5.17. The number of rotatable bonds is 6. The largest absolute Gasteiger partial charge is 0.467 e. The number of aromatic nitrogens is 4. The van der Waals surface area contributed by atoms with Gasteiger partial charge in [-0.15, -0.1) is 0 Å². The first-order chi connectivity index (χ1) is 10.2. The van der Waals surface area contributed by atoms with Crippen molar-refractivity contribution < 1.29 is 4.42 Å². The van der Waals surface area contributed by atoms with Crippen LogP contribution < -0.4 is 5.32 Å². The van der Waals surface area contributed by atoms with E-state index in [-0.39, 0.29) is 12.1 Å². The maximum Gasteiger partial charge on any atom is 0.133 e. The van der Waals surface area contributed by atoms with Crippen molar-refractivity contribution in [2.45, 2.75) is 25.6 Å². The van der Waals surface area contributed by atoms with E-state index >= 15 is 0 Å². The highest BCUT2D eigenvalue weighted by molar-refractivity contribution is 5.16. The second kappa shape index (κ2) is 5.97. The van der Waals surface area contributed by atoms with E-state index in [4.69, 9.17) is 4.42 Å². The molecule has 3 aromatic rings. The van der Waals surface area contributed by atoms with E-state index in [1.165, 1.54) is 0 Å². The minimum atomic E-state index is -0.0708. The molecule has 2 atom stereocenters. The van der Waals surface area contributed by atoms with E-state index in [0.717, 1.165) is 18.1 Å². The van der Waals surface area contributed by atoms with Crippen molar-refractivity contribution in [2.24, 2.45) is 7.05 Å². The maximum atomic E-state index is 5.58. The lowest BCUT2D eigenvalue weighted by Gasteiger charge is -2.22. The topological polar surface area (TPSA) is 60.8 Å². The lowest BCUT2D eigenvalue weighted by Crippen LogP contribution is -2.35. The van der Waals surface area contributed by atoms with Gasteiger partial charge >= 0.3 is 0 Å². The lowest BCUT2D eigenvalue weighted by molar-refractivity contribution is 0.377. The molecule has 0 spiro atoms. The third-order valence-electron chi connectivity index (χ3n) is 3.44. The van der Waals surface area contributed by atoms with Crippen molar-refractivity contribution in [3.05, 3.63) is 61.1 Å². The summed E-state index contributed by atoms with van der Waals surface area (Å²) in [6, 6.07) is 4.04. The molecule has 0 bridgehead atoms. The zero-order valence-corrected chi connectivity index (χ0v) is 12.2. The molecule has 0 saturated heterocycles. The Morgan fingerprint density at radius 2 is 2.24 bits per heavy atom. The highest BCUT2D eigenvalue weighted by Crippen LogP contribution is 2.21. The monoisotopic (exact) mass is 285 g/mol. The van der Waals surface area contributed by atoms with Gasteiger partial charge in [0.25, 0.3) is 0 Å². The first-order valence-corrected chi connectivity index (χ1v) is 6.96. The molecule has 0 aliphatic heterocycles. The van der Waals surface area contributed by atoms with E-state index in [1.54, 1.807) is 18.7 Å². The zero-order chi connectivity index (χ0) is 14.7. The van der Waals surface area contributed by atoms with E-state index in [0.29, 0.717) is 0 Å². The molecule has 0 fully saturated rings. The molecule has 0 aliphatic carbocycles. The molecule has 0 radical (unpaired) electrons. The van der Waals surface area contributed by atoms with Gasteiger partial charge in [-0.25, -0.2) is 9.97 Å². The molecule has 0 amide bonds. The summed E-state index contributed by atoms with van der Waals surface area (Å²) in [7, 11) is 1.99. The van der Waals surface area contributed by atoms with Crippen molar-refractivity contribution in [3.63, 3.8) is 0 Å². The summed E-state index contributed by atoms with van der Waals surface area (Å²) in [5, 5.41) is 3.58. The normalized spacial score (nSPS) is 14.2. The van der Waals surface area contributed by atoms with E-state index in [1.807, 2.05) is 42.5 Å². The Kier molecular flexibility index (Phi) is 3.87. The van der Waals surface area contributed by atoms with Crippen molar-refractivity contribution >= 4 is 0 Å². The van der Waals surface area contributed by atoms with Gasteiger partial charge in [0, 0.05) is 44.4 Å². The van der Waals surface area contributed by atoms with Gasteiger partial charge in [-0.2, -0.15) is 0 Å². The van der Waals surface area contributed by atoms with Crippen LogP contribution in [0.4, 0.5) is 0 Å². The van der Waals surface area contributed by atoms with Crippen LogP contribution in [-0.2, 0) is 13.6 Å². The number of hydrogen-bond acceptors (Lipinski definition) is 4. The molecule has 0 saturated carbocycles. The predicted octanol–water partition coefficient (Wildman–Crippen LogP) is 1.98. The van der Waals surface area contributed by atoms with Crippen LogP contribution in [0.2, 0.25) is 0 Å². The van der Waals surface area contributed by atoms with Gasteiger partial charge in [0.05, 0.1) is 12.6 Å². The fourth-order valence-corrected chi connectivity index (χ4v) is 2.44. The van der Waals surface area contributed by atoms with E-state index in [9.17, 15) is 0 Å². The van der Waals surface area contributed by atoms with Crippen molar-refractivity contribution in [2.75, 3.05) is 0 Å². The van der Waals surface area contributed by atoms with Gasteiger partial charge in [0.2, 0.25) is 0 Å². The number of furan rings is 1. The Balaban J connectivity index is 1.78. The van der Waals surface area contributed by atoms with Crippen LogP contribution in [0.1, 0.15) is 24.6 Å². The minimum absolute atomic E-state index is 0.0708. The molecular weight excluding hydrogens is 266 g/mol. The molecule has 110 valence electrons. The summed E-state index contributed by atoms with van der Waals surface area (Å²) < 4.78 is 9.63. The fourth-order valence-electron chi connectivity index (χ4n) is 2.44. The Morgan fingerprint density at radius 1 is 1.33 bits per heavy atom. The minimum Gasteiger partial charge on any atom is -0.467 e. The molecule has 0 aliphatic rings. The average molecular weight is 285 g/mol. The smallest absolute Gasteiger partial charge is 0.133 e. The Labute approximate surface area is 123 Å². The van der Waals surface area contributed by atoms with Crippen LogP contribution in [0.5, 0.6) is 0 Å². The number of imidazole rings is 2. The van der Waals surface area contributed by atoms with Gasteiger partial charge in [0.15, 0.2) is 0 Å². The Bertz CT molecular complexity index is 656. The van der Waals surface area contributed by atoms with Gasteiger partial charge in [-0.3, -0.25) is 5.32 Å². The van der Waals surface area contributed by atoms with Crippen LogP contribution in [0, 0.1) is 0 Å². The first kappa shape index (κ1) is 13.6. The van der Waals surface area contributed by atoms with Gasteiger partial charge in [-0.05, 0) is 19.1 Å². The fraction of sp³-hybridized carbons (Fsp3) is 0.333. The number of hydrogen-bond donors (Lipinski definition) is 1. The number of nitrogens with one attached hydrogen (secondary N) is 1.